The highest BCUT2D eigenvalue weighted by Gasteiger charge is 2.52. The van der Waals surface area contributed by atoms with Crippen LogP contribution in [0.4, 0.5) is 8.78 Å². The zero-order valence-electron chi connectivity index (χ0n) is 22.6. The van der Waals surface area contributed by atoms with E-state index in [9.17, 15) is 27.1 Å². The number of carboxylic acid groups (broad SMARTS) is 1. The number of hydrogen-bond donors (Lipinski definition) is 1. The summed E-state index contributed by atoms with van der Waals surface area (Å²) in [6, 6.07) is 8.36. The fraction of sp³-hybridized carbons (Fsp3) is 0.357. The third-order valence-corrected chi connectivity index (χ3v) is 9.95. The number of alkyl halides is 2. The summed E-state index contributed by atoms with van der Waals surface area (Å²) in [5, 5.41) is 17.5. The summed E-state index contributed by atoms with van der Waals surface area (Å²) in [4.78, 5) is 16.0. The molecule has 1 aliphatic heterocycles. The molecule has 0 amide bonds. The van der Waals surface area contributed by atoms with Crippen LogP contribution in [-0.2, 0) is 21.4 Å². The number of carbonyl (C=O) groups is 1. The van der Waals surface area contributed by atoms with Gasteiger partial charge in [-0.05, 0) is 66.6 Å². The first-order valence-electron chi connectivity index (χ1n) is 13.2. The summed E-state index contributed by atoms with van der Waals surface area (Å²) >= 11 is 6.10. The predicted octanol–water partition coefficient (Wildman–Crippen LogP) is 5.05. The van der Waals surface area contributed by atoms with Crippen LogP contribution in [0.1, 0.15) is 65.2 Å². The van der Waals surface area contributed by atoms with E-state index in [1.54, 1.807) is 25.1 Å². The molecule has 1 spiro atoms. The van der Waals surface area contributed by atoms with Crippen molar-refractivity contribution in [2.75, 3.05) is 6.54 Å². The molecule has 4 aromatic rings. The molecule has 1 aliphatic carbocycles. The highest BCUT2D eigenvalue weighted by molar-refractivity contribution is 7.89. The number of carboxylic acids is 1. The standard InChI is InChI=1S/C28H26ClF2N5O5S/c1-15-3-4-17(21(11-23(37)38)20-5-8-36-25(16(20)2)33-34-26(36)24(30)31)9-18(15)13-35-14-28(6-7-28)41-27-22(42(35,39)40)10-19(29)12-32-27/h3-5,8-10,12,21,24H,6-7,11,13-14H2,1-2H3,(H,37,38). The fourth-order valence-electron chi connectivity index (χ4n) is 5.48. The van der Waals surface area contributed by atoms with E-state index in [0.717, 1.165) is 5.56 Å². The van der Waals surface area contributed by atoms with Gasteiger partial charge in [0.15, 0.2) is 5.65 Å². The number of nitrogens with zero attached hydrogens (tertiary/aromatic N) is 5. The van der Waals surface area contributed by atoms with Gasteiger partial charge >= 0.3 is 5.97 Å². The van der Waals surface area contributed by atoms with Crippen molar-refractivity contribution in [2.24, 2.45) is 0 Å². The Balaban J connectivity index is 1.40. The van der Waals surface area contributed by atoms with Gasteiger partial charge in [0.05, 0.1) is 18.0 Å². The summed E-state index contributed by atoms with van der Waals surface area (Å²) < 4.78 is 63.0. The molecule has 1 unspecified atom stereocenters. The van der Waals surface area contributed by atoms with E-state index in [0.29, 0.717) is 35.1 Å². The number of fused-ring (bicyclic) bond motifs is 2. The van der Waals surface area contributed by atoms with Gasteiger partial charge in [-0.25, -0.2) is 22.2 Å². The number of halogens is 3. The quantitative estimate of drug-likeness (QED) is 0.305. The second-order valence-corrected chi connectivity index (χ2v) is 13.1. The molecular formula is C28H26ClF2N5O5S. The Hall–Kier alpha value is -3.68. The average Bonchev–Trinajstić information content (AvgIpc) is 3.55. The molecule has 3 aromatic heterocycles. The van der Waals surface area contributed by atoms with Crippen molar-refractivity contribution in [1.82, 2.24) is 23.9 Å². The zero-order valence-corrected chi connectivity index (χ0v) is 24.2. The molecular weight excluding hydrogens is 592 g/mol. The Labute approximate surface area is 245 Å². The van der Waals surface area contributed by atoms with Gasteiger partial charge in [-0.1, -0.05) is 29.8 Å². The van der Waals surface area contributed by atoms with Crippen molar-refractivity contribution < 1.29 is 31.8 Å². The highest BCUT2D eigenvalue weighted by atomic mass is 35.5. The minimum atomic E-state index is -4.04. The first-order chi connectivity index (χ1) is 19.9. The van der Waals surface area contributed by atoms with Crippen LogP contribution in [0.15, 0.2) is 47.6 Å². The van der Waals surface area contributed by atoms with Crippen molar-refractivity contribution in [2.45, 2.75) is 62.5 Å². The van der Waals surface area contributed by atoms with E-state index in [1.165, 1.54) is 27.2 Å². The summed E-state index contributed by atoms with van der Waals surface area (Å²) in [5.41, 5.74) is 2.79. The predicted molar refractivity (Wildman–Crippen MR) is 147 cm³/mol. The topological polar surface area (TPSA) is 127 Å². The molecule has 220 valence electrons. The molecule has 2 aliphatic rings. The SMILES string of the molecule is Cc1ccc(C(CC(=O)O)c2ccn3c(C(F)F)nnc3c2C)cc1CN1CC2(CC2)Oc2ncc(Cl)cc2S1(=O)=O. The Kier molecular flexibility index (Phi) is 6.94. The third kappa shape index (κ3) is 4.99. The second kappa shape index (κ2) is 10.2. The van der Waals surface area contributed by atoms with Crippen molar-refractivity contribution in [3.05, 3.63) is 81.4 Å². The van der Waals surface area contributed by atoms with Crippen LogP contribution < -0.4 is 4.74 Å². The number of sulfonamides is 1. The highest BCUT2D eigenvalue weighted by Crippen LogP contribution is 2.46. The van der Waals surface area contributed by atoms with Crippen LogP contribution in [0, 0.1) is 13.8 Å². The first-order valence-corrected chi connectivity index (χ1v) is 15.0. The van der Waals surface area contributed by atoms with Gasteiger partial charge in [0.2, 0.25) is 21.7 Å². The molecule has 1 saturated carbocycles. The molecule has 1 atom stereocenters. The van der Waals surface area contributed by atoms with Gasteiger partial charge in [0, 0.05) is 24.9 Å². The fourth-order valence-corrected chi connectivity index (χ4v) is 7.29. The summed E-state index contributed by atoms with van der Waals surface area (Å²) in [5.74, 6) is -2.19. The lowest BCUT2D eigenvalue weighted by atomic mass is 9.85. The molecule has 42 heavy (non-hydrogen) atoms. The largest absolute Gasteiger partial charge is 0.481 e. The van der Waals surface area contributed by atoms with Crippen LogP contribution in [-0.4, -0.2) is 55.5 Å². The van der Waals surface area contributed by atoms with Crippen molar-refractivity contribution in [3.63, 3.8) is 0 Å². The molecule has 0 radical (unpaired) electrons. The number of aromatic nitrogens is 4. The molecule has 1 aromatic carbocycles. The van der Waals surface area contributed by atoms with E-state index in [1.807, 2.05) is 13.0 Å². The van der Waals surface area contributed by atoms with E-state index in [4.69, 9.17) is 16.3 Å². The normalized spacial score (nSPS) is 18.0. The molecule has 10 nitrogen and oxygen atoms in total. The van der Waals surface area contributed by atoms with Gasteiger partial charge in [-0.3, -0.25) is 9.20 Å². The van der Waals surface area contributed by atoms with Gasteiger partial charge in [-0.15, -0.1) is 10.2 Å². The molecule has 4 heterocycles. The van der Waals surface area contributed by atoms with E-state index in [2.05, 4.69) is 15.2 Å². The maximum absolute atomic E-state index is 13.8. The van der Waals surface area contributed by atoms with Crippen molar-refractivity contribution in [3.8, 4) is 5.88 Å². The molecule has 1 fully saturated rings. The second-order valence-electron chi connectivity index (χ2n) is 10.8. The van der Waals surface area contributed by atoms with Crippen LogP contribution in [0.25, 0.3) is 5.65 Å². The minimum absolute atomic E-state index is 0.0127. The summed E-state index contributed by atoms with van der Waals surface area (Å²) in [6.45, 7) is 3.68. The number of aliphatic carboxylic acids is 1. The zero-order chi connectivity index (χ0) is 30.0. The Morgan fingerprint density at radius 2 is 1.95 bits per heavy atom. The van der Waals surface area contributed by atoms with Crippen molar-refractivity contribution in [1.29, 1.82) is 0 Å². The molecule has 0 bridgehead atoms. The van der Waals surface area contributed by atoms with Gasteiger partial charge in [0.25, 0.3) is 6.43 Å². The van der Waals surface area contributed by atoms with Gasteiger partial charge < -0.3 is 9.84 Å². The number of ether oxygens (including phenoxy) is 1. The van der Waals surface area contributed by atoms with E-state index >= 15 is 0 Å². The molecule has 1 N–H and O–H groups in total. The summed E-state index contributed by atoms with van der Waals surface area (Å²) in [7, 11) is -4.04. The minimum Gasteiger partial charge on any atom is -0.481 e. The molecule has 14 heteroatoms. The number of rotatable bonds is 7. The monoisotopic (exact) mass is 617 g/mol. The van der Waals surface area contributed by atoms with Crippen LogP contribution in [0.2, 0.25) is 5.02 Å². The Morgan fingerprint density at radius 3 is 2.64 bits per heavy atom. The maximum atomic E-state index is 13.8. The van der Waals surface area contributed by atoms with E-state index < -0.39 is 39.8 Å². The van der Waals surface area contributed by atoms with Crippen LogP contribution >= 0.6 is 11.6 Å². The number of aryl methyl sites for hydroxylation is 2. The smallest absolute Gasteiger partial charge is 0.304 e. The van der Waals surface area contributed by atoms with E-state index in [-0.39, 0.29) is 41.0 Å². The molecule has 0 saturated heterocycles. The summed E-state index contributed by atoms with van der Waals surface area (Å²) in [6.07, 6.45) is 1.02. The first kappa shape index (κ1) is 28.4. The van der Waals surface area contributed by atoms with Gasteiger partial charge in [0.1, 0.15) is 10.5 Å². The Morgan fingerprint density at radius 1 is 1.19 bits per heavy atom. The number of benzene rings is 1. The van der Waals surface area contributed by atoms with Crippen LogP contribution in [0.3, 0.4) is 0 Å². The lowest BCUT2D eigenvalue weighted by molar-refractivity contribution is -0.137. The third-order valence-electron chi connectivity index (χ3n) is 7.95. The number of hydrogen-bond acceptors (Lipinski definition) is 7. The average molecular weight is 618 g/mol. The lowest BCUT2D eigenvalue weighted by Gasteiger charge is -2.25. The Bertz CT molecular complexity index is 1840. The molecule has 6 rings (SSSR count). The lowest BCUT2D eigenvalue weighted by Crippen LogP contribution is -2.38. The maximum Gasteiger partial charge on any atom is 0.304 e. The van der Waals surface area contributed by atoms with Crippen LogP contribution in [0.5, 0.6) is 5.88 Å². The van der Waals surface area contributed by atoms with Crippen molar-refractivity contribution >= 4 is 33.2 Å². The number of pyridine rings is 2. The van der Waals surface area contributed by atoms with Gasteiger partial charge in [-0.2, -0.15) is 4.31 Å².